The van der Waals surface area contributed by atoms with Gasteiger partial charge in [-0.15, -0.1) is 0 Å². The summed E-state index contributed by atoms with van der Waals surface area (Å²) in [6.07, 6.45) is 0.764. The lowest BCUT2D eigenvalue weighted by Gasteiger charge is -2.38. The smallest absolute Gasteiger partial charge is 0.339 e. The number of thiocarbonyl (C=S) groups is 1. The molecule has 0 saturated carbocycles. The third-order valence-electron chi connectivity index (χ3n) is 4.65. The van der Waals surface area contributed by atoms with Crippen molar-refractivity contribution < 1.29 is 14.3 Å². The summed E-state index contributed by atoms with van der Waals surface area (Å²) < 4.78 is 11.2. The van der Waals surface area contributed by atoms with Crippen LogP contribution in [0.25, 0.3) is 0 Å². The van der Waals surface area contributed by atoms with E-state index < -0.39 is 5.97 Å². The van der Waals surface area contributed by atoms with Crippen LogP contribution in [-0.2, 0) is 4.74 Å². The molecule has 2 N–H and O–H groups in total. The van der Waals surface area contributed by atoms with Crippen LogP contribution in [0.5, 0.6) is 5.75 Å². The van der Waals surface area contributed by atoms with Gasteiger partial charge in [-0.1, -0.05) is 29.3 Å². The molecule has 0 spiro atoms. The zero-order chi connectivity index (χ0) is 21.2. The van der Waals surface area contributed by atoms with Gasteiger partial charge in [0, 0.05) is 17.7 Å². The number of anilines is 1. The van der Waals surface area contributed by atoms with Crippen molar-refractivity contribution in [2.75, 3.05) is 11.9 Å². The van der Waals surface area contributed by atoms with E-state index >= 15 is 0 Å². The first-order valence-corrected chi connectivity index (χ1v) is 10.3. The molecule has 0 radical (unpaired) electrons. The van der Waals surface area contributed by atoms with Crippen molar-refractivity contribution >= 4 is 40.6 Å². The molecule has 1 unspecified atom stereocenters. The van der Waals surface area contributed by atoms with Gasteiger partial charge in [-0.05, 0) is 64.2 Å². The summed E-state index contributed by atoms with van der Waals surface area (Å²) in [5.74, 6) is 0.402. The van der Waals surface area contributed by atoms with Crippen LogP contribution in [0.2, 0.25) is 5.02 Å². The number of aryl methyl sites for hydroxylation is 1. The standard InChI is InChI=1S/C22H25ClN2O3S/c1-5-27-20(26)15-11-14(7-8-17(15)23)24-21(29)25-18-12-22(3,4)28-19-9-6-13(2)10-16(18)19/h6-11,18H,5,12H2,1-4H3,(H2,24,25,29). The lowest BCUT2D eigenvalue weighted by Crippen LogP contribution is -2.42. The maximum atomic E-state index is 12.1. The maximum Gasteiger partial charge on any atom is 0.339 e. The molecule has 7 heteroatoms. The van der Waals surface area contributed by atoms with E-state index in [1.54, 1.807) is 25.1 Å². The van der Waals surface area contributed by atoms with Gasteiger partial charge in [0.25, 0.3) is 0 Å². The molecule has 2 aromatic rings. The van der Waals surface area contributed by atoms with Gasteiger partial charge in [-0.2, -0.15) is 0 Å². The molecule has 0 bridgehead atoms. The fourth-order valence-electron chi connectivity index (χ4n) is 3.40. The van der Waals surface area contributed by atoms with Crippen molar-refractivity contribution in [3.05, 3.63) is 58.1 Å². The van der Waals surface area contributed by atoms with E-state index in [-0.39, 0.29) is 18.2 Å². The van der Waals surface area contributed by atoms with Crippen LogP contribution < -0.4 is 15.4 Å². The fraction of sp³-hybridized carbons (Fsp3) is 0.364. The number of benzene rings is 2. The first-order valence-electron chi connectivity index (χ1n) is 9.52. The topological polar surface area (TPSA) is 59.6 Å². The Balaban J connectivity index is 1.77. The summed E-state index contributed by atoms with van der Waals surface area (Å²) >= 11 is 11.7. The first kappa shape index (κ1) is 21.4. The Hall–Kier alpha value is -2.31. The number of hydrogen-bond donors (Lipinski definition) is 2. The summed E-state index contributed by atoms with van der Waals surface area (Å²) in [4.78, 5) is 12.1. The molecule has 2 aromatic carbocycles. The van der Waals surface area contributed by atoms with Crippen molar-refractivity contribution in [1.82, 2.24) is 5.32 Å². The van der Waals surface area contributed by atoms with Crippen molar-refractivity contribution in [2.45, 2.75) is 45.8 Å². The molecule has 1 aliphatic heterocycles. The number of fused-ring (bicyclic) bond motifs is 1. The lowest BCUT2D eigenvalue weighted by atomic mass is 9.89. The van der Waals surface area contributed by atoms with E-state index in [9.17, 15) is 4.79 Å². The average Bonchev–Trinajstić information content (AvgIpc) is 2.63. The van der Waals surface area contributed by atoms with Crippen molar-refractivity contribution in [3.8, 4) is 5.75 Å². The lowest BCUT2D eigenvalue weighted by molar-refractivity contribution is 0.0526. The van der Waals surface area contributed by atoms with Gasteiger partial charge in [0.05, 0.1) is 23.2 Å². The Morgan fingerprint density at radius 3 is 2.79 bits per heavy atom. The Labute approximate surface area is 181 Å². The highest BCUT2D eigenvalue weighted by atomic mass is 35.5. The number of halogens is 1. The second-order valence-corrected chi connectivity index (χ2v) is 8.49. The minimum Gasteiger partial charge on any atom is -0.487 e. The van der Waals surface area contributed by atoms with Crippen LogP contribution in [0.3, 0.4) is 0 Å². The molecule has 0 saturated heterocycles. The molecule has 1 aliphatic rings. The number of nitrogens with one attached hydrogen (secondary N) is 2. The molecular formula is C22H25ClN2O3S. The van der Waals surface area contributed by atoms with Gasteiger partial charge in [0.2, 0.25) is 0 Å². The highest BCUT2D eigenvalue weighted by molar-refractivity contribution is 7.80. The fourth-order valence-corrected chi connectivity index (χ4v) is 3.85. The minimum absolute atomic E-state index is 0.00507. The van der Waals surface area contributed by atoms with Gasteiger partial charge >= 0.3 is 5.97 Å². The molecule has 3 rings (SSSR count). The summed E-state index contributed by atoms with van der Waals surface area (Å²) in [6.45, 7) is 8.21. The zero-order valence-corrected chi connectivity index (χ0v) is 18.5. The molecule has 154 valence electrons. The van der Waals surface area contributed by atoms with E-state index in [4.69, 9.17) is 33.3 Å². The summed E-state index contributed by atoms with van der Waals surface area (Å²) in [5, 5.41) is 7.32. The largest absolute Gasteiger partial charge is 0.487 e. The molecule has 1 atom stereocenters. The van der Waals surface area contributed by atoms with Crippen LogP contribution in [0.1, 0.15) is 54.7 Å². The highest BCUT2D eigenvalue weighted by Gasteiger charge is 2.34. The maximum absolute atomic E-state index is 12.1. The molecule has 0 amide bonds. The van der Waals surface area contributed by atoms with Crippen LogP contribution in [0, 0.1) is 6.92 Å². The minimum atomic E-state index is -0.462. The van der Waals surface area contributed by atoms with E-state index in [0.717, 1.165) is 23.3 Å². The van der Waals surface area contributed by atoms with Crippen molar-refractivity contribution in [2.24, 2.45) is 0 Å². The number of carbonyl (C=O) groups excluding carboxylic acids is 1. The summed E-state index contributed by atoms with van der Waals surface area (Å²) in [7, 11) is 0. The van der Waals surface area contributed by atoms with Crippen molar-refractivity contribution in [3.63, 3.8) is 0 Å². The van der Waals surface area contributed by atoms with Gasteiger partial charge in [-0.3, -0.25) is 0 Å². The monoisotopic (exact) mass is 432 g/mol. The van der Waals surface area contributed by atoms with Crippen LogP contribution in [0.4, 0.5) is 5.69 Å². The quantitative estimate of drug-likeness (QED) is 0.497. The number of hydrogen-bond acceptors (Lipinski definition) is 4. The van der Waals surface area contributed by atoms with Gasteiger partial charge in [0.1, 0.15) is 11.4 Å². The van der Waals surface area contributed by atoms with E-state index in [1.165, 1.54) is 0 Å². The van der Waals surface area contributed by atoms with Crippen LogP contribution >= 0.6 is 23.8 Å². The Bertz CT molecular complexity index is 946. The van der Waals surface area contributed by atoms with E-state index in [2.05, 4.69) is 37.5 Å². The second-order valence-electron chi connectivity index (χ2n) is 7.67. The number of esters is 1. The number of rotatable bonds is 4. The Kier molecular flexibility index (Phi) is 6.34. The molecule has 1 heterocycles. The third kappa shape index (κ3) is 5.19. The van der Waals surface area contributed by atoms with E-state index in [0.29, 0.717) is 21.4 Å². The van der Waals surface area contributed by atoms with Crippen LogP contribution in [0.15, 0.2) is 36.4 Å². The van der Waals surface area contributed by atoms with Crippen LogP contribution in [-0.4, -0.2) is 23.3 Å². The van der Waals surface area contributed by atoms with E-state index in [1.807, 2.05) is 12.1 Å². The molecule has 0 aliphatic carbocycles. The summed E-state index contributed by atoms with van der Waals surface area (Å²) in [6, 6.07) is 11.2. The first-order chi connectivity index (χ1) is 13.7. The predicted octanol–water partition coefficient (Wildman–Crippen LogP) is 5.41. The highest BCUT2D eigenvalue weighted by Crippen LogP contribution is 2.39. The molecule has 0 aromatic heterocycles. The van der Waals surface area contributed by atoms with Gasteiger partial charge < -0.3 is 20.1 Å². The predicted molar refractivity (Wildman–Crippen MR) is 120 cm³/mol. The normalized spacial score (nSPS) is 16.9. The SMILES string of the molecule is CCOC(=O)c1cc(NC(=S)NC2CC(C)(C)Oc3ccc(C)cc32)ccc1Cl. The van der Waals surface area contributed by atoms with Gasteiger partial charge in [0.15, 0.2) is 5.11 Å². The second kappa shape index (κ2) is 8.59. The average molecular weight is 433 g/mol. The number of ether oxygens (including phenoxy) is 2. The molecule has 5 nitrogen and oxygen atoms in total. The third-order valence-corrected chi connectivity index (χ3v) is 5.20. The molecular weight excluding hydrogens is 408 g/mol. The van der Waals surface area contributed by atoms with Gasteiger partial charge in [-0.25, -0.2) is 4.79 Å². The zero-order valence-electron chi connectivity index (χ0n) is 17.0. The van der Waals surface area contributed by atoms with Crippen molar-refractivity contribution in [1.29, 1.82) is 0 Å². The summed E-state index contributed by atoms with van der Waals surface area (Å²) in [5.41, 5.74) is 2.89. The number of carbonyl (C=O) groups is 1. The Morgan fingerprint density at radius 1 is 1.31 bits per heavy atom. The molecule has 0 fully saturated rings. The molecule has 29 heavy (non-hydrogen) atoms. The Morgan fingerprint density at radius 2 is 2.07 bits per heavy atom.